The summed E-state index contributed by atoms with van der Waals surface area (Å²) >= 11 is 0. The molecule has 0 aliphatic heterocycles. The van der Waals surface area contributed by atoms with Crippen LogP contribution in [0.4, 0.5) is 0 Å². The average molecular weight is 414 g/mol. The summed E-state index contributed by atoms with van der Waals surface area (Å²) in [7, 11) is 3.46. The molecule has 7 nitrogen and oxygen atoms in total. The van der Waals surface area contributed by atoms with Crippen molar-refractivity contribution in [2.24, 2.45) is 14.1 Å². The molecule has 1 atom stereocenters. The van der Waals surface area contributed by atoms with Gasteiger partial charge in [-0.3, -0.25) is 9.13 Å². The lowest BCUT2D eigenvalue weighted by Crippen LogP contribution is -2.19. The Morgan fingerprint density at radius 3 is 2.47 bits per heavy atom. The van der Waals surface area contributed by atoms with Crippen LogP contribution in [0.2, 0.25) is 0 Å². The van der Waals surface area contributed by atoms with Gasteiger partial charge in [0, 0.05) is 27.2 Å². The molecule has 3 N–H and O–H groups in total. The van der Waals surface area contributed by atoms with E-state index in [1.54, 1.807) is 23.2 Å². The highest BCUT2D eigenvalue weighted by Gasteiger charge is 2.13. The Kier molecular flexibility index (Phi) is 7.68. The van der Waals surface area contributed by atoms with Crippen LogP contribution in [-0.4, -0.2) is 39.1 Å². The maximum Gasteiger partial charge on any atom is 0.328 e. The standard InChI is InChI=1S/C23H31N3O4/c1-25-20-11-8-18(14-21(20)26(2)23(25)29)22(28)16-30-19-9-6-17(7-10-19)15-24-12-4-3-5-13-27/h6-11,14,22,24,27-28H,3-5,12-13,15-16H2,1-2H3/t22-/m0/s1. The zero-order valence-electron chi connectivity index (χ0n) is 17.7. The van der Waals surface area contributed by atoms with Gasteiger partial charge in [-0.2, -0.15) is 0 Å². The van der Waals surface area contributed by atoms with E-state index in [9.17, 15) is 9.90 Å². The summed E-state index contributed by atoms with van der Waals surface area (Å²) < 4.78 is 8.92. The number of aromatic nitrogens is 2. The second kappa shape index (κ2) is 10.4. The highest BCUT2D eigenvalue weighted by Crippen LogP contribution is 2.21. The minimum Gasteiger partial charge on any atom is -0.491 e. The normalized spacial score (nSPS) is 12.4. The van der Waals surface area contributed by atoms with Gasteiger partial charge in [-0.1, -0.05) is 18.2 Å². The lowest BCUT2D eigenvalue weighted by Gasteiger charge is -2.13. The Balaban J connectivity index is 1.51. The zero-order chi connectivity index (χ0) is 21.5. The predicted octanol–water partition coefficient (Wildman–Crippen LogP) is 2.24. The second-order valence-corrected chi connectivity index (χ2v) is 7.58. The number of fused-ring (bicyclic) bond motifs is 1. The number of ether oxygens (including phenoxy) is 1. The van der Waals surface area contributed by atoms with Crippen molar-refractivity contribution in [1.82, 2.24) is 14.5 Å². The van der Waals surface area contributed by atoms with E-state index in [4.69, 9.17) is 9.84 Å². The summed E-state index contributed by atoms with van der Waals surface area (Å²) in [4.78, 5) is 12.1. The third-order valence-corrected chi connectivity index (χ3v) is 5.35. The molecule has 0 saturated heterocycles. The average Bonchev–Trinajstić information content (AvgIpc) is 2.99. The molecule has 0 amide bonds. The van der Waals surface area contributed by atoms with E-state index in [0.717, 1.165) is 43.4 Å². The molecular formula is C23H31N3O4. The summed E-state index contributed by atoms with van der Waals surface area (Å²) in [6.45, 7) is 2.12. The fourth-order valence-electron chi connectivity index (χ4n) is 3.48. The summed E-state index contributed by atoms with van der Waals surface area (Å²) in [5.74, 6) is 0.703. The maximum atomic E-state index is 12.1. The number of hydrogen-bond donors (Lipinski definition) is 3. The van der Waals surface area contributed by atoms with Crippen LogP contribution in [0.3, 0.4) is 0 Å². The minimum absolute atomic E-state index is 0.0902. The van der Waals surface area contributed by atoms with Crippen molar-refractivity contribution in [3.05, 3.63) is 64.1 Å². The molecule has 162 valence electrons. The first-order valence-electron chi connectivity index (χ1n) is 10.4. The van der Waals surface area contributed by atoms with E-state index in [0.29, 0.717) is 11.3 Å². The van der Waals surface area contributed by atoms with Crippen LogP contribution in [0.25, 0.3) is 11.0 Å². The Labute approximate surface area is 176 Å². The fraction of sp³-hybridized carbons (Fsp3) is 0.435. The topological polar surface area (TPSA) is 88.7 Å². The third kappa shape index (κ3) is 5.30. The molecule has 0 bridgehead atoms. The highest BCUT2D eigenvalue weighted by molar-refractivity contribution is 5.76. The molecule has 7 heteroatoms. The van der Waals surface area contributed by atoms with E-state index >= 15 is 0 Å². The molecule has 0 radical (unpaired) electrons. The lowest BCUT2D eigenvalue weighted by molar-refractivity contribution is 0.108. The first kappa shape index (κ1) is 22.1. The molecule has 0 saturated carbocycles. The molecular weight excluding hydrogens is 382 g/mol. The van der Waals surface area contributed by atoms with Gasteiger partial charge in [-0.25, -0.2) is 4.79 Å². The third-order valence-electron chi connectivity index (χ3n) is 5.35. The monoisotopic (exact) mass is 413 g/mol. The van der Waals surface area contributed by atoms with E-state index < -0.39 is 6.10 Å². The molecule has 0 spiro atoms. The summed E-state index contributed by atoms with van der Waals surface area (Å²) in [5.41, 5.74) is 3.41. The van der Waals surface area contributed by atoms with Gasteiger partial charge in [0.1, 0.15) is 18.5 Å². The largest absolute Gasteiger partial charge is 0.491 e. The van der Waals surface area contributed by atoms with Crippen LogP contribution >= 0.6 is 0 Å². The van der Waals surface area contributed by atoms with Gasteiger partial charge < -0.3 is 20.3 Å². The molecule has 3 aromatic rings. The Morgan fingerprint density at radius 2 is 1.73 bits per heavy atom. The van der Waals surface area contributed by atoms with Crippen molar-refractivity contribution in [2.45, 2.75) is 31.9 Å². The molecule has 1 heterocycles. The van der Waals surface area contributed by atoms with Gasteiger partial charge in [0.25, 0.3) is 0 Å². The summed E-state index contributed by atoms with van der Waals surface area (Å²) in [6.07, 6.45) is 2.16. The number of nitrogens with one attached hydrogen (secondary N) is 1. The van der Waals surface area contributed by atoms with E-state index in [1.165, 1.54) is 5.56 Å². The minimum atomic E-state index is -0.787. The predicted molar refractivity (Wildman–Crippen MR) is 118 cm³/mol. The van der Waals surface area contributed by atoms with Gasteiger partial charge in [0.15, 0.2) is 0 Å². The van der Waals surface area contributed by atoms with Crippen molar-refractivity contribution in [1.29, 1.82) is 0 Å². The van der Waals surface area contributed by atoms with E-state index in [2.05, 4.69) is 5.32 Å². The maximum absolute atomic E-state index is 12.1. The van der Waals surface area contributed by atoms with Gasteiger partial charge in [0.05, 0.1) is 11.0 Å². The van der Waals surface area contributed by atoms with Crippen molar-refractivity contribution in [2.75, 3.05) is 19.8 Å². The number of rotatable bonds is 11. The van der Waals surface area contributed by atoms with Gasteiger partial charge >= 0.3 is 5.69 Å². The van der Waals surface area contributed by atoms with Gasteiger partial charge in [0.2, 0.25) is 0 Å². The Hall–Kier alpha value is -2.61. The van der Waals surface area contributed by atoms with Gasteiger partial charge in [-0.15, -0.1) is 0 Å². The Bertz CT molecular complexity index is 1010. The molecule has 0 fully saturated rings. The zero-order valence-corrected chi connectivity index (χ0v) is 17.7. The number of aryl methyl sites for hydroxylation is 2. The van der Waals surface area contributed by atoms with E-state index in [1.807, 2.05) is 42.5 Å². The molecule has 3 rings (SSSR count). The highest BCUT2D eigenvalue weighted by atomic mass is 16.5. The van der Waals surface area contributed by atoms with Crippen molar-refractivity contribution in [3.63, 3.8) is 0 Å². The van der Waals surface area contributed by atoms with E-state index in [-0.39, 0.29) is 18.9 Å². The number of benzene rings is 2. The van der Waals surface area contributed by atoms with Crippen LogP contribution in [0.5, 0.6) is 5.75 Å². The molecule has 2 aromatic carbocycles. The quantitative estimate of drug-likeness (QED) is 0.420. The van der Waals surface area contributed by atoms with Crippen LogP contribution in [-0.2, 0) is 20.6 Å². The number of aliphatic hydroxyl groups is 2. The first-order valence-corrected chi connectivity index (χ1v) is 10.4. The Morgan fingerprint density at radius 1 is 1.00 bits per heavy atom. The SMILES string of the molecule is Cn1c(=O)n(C)c2cc([C@@H](O)COc3ccc(CNCCCCCO)cc3)ccc21. The molecule has 0 unspecified atom stereocenters. The smallest absolute Gasteiger partial charge is 0.328 e. The van der Waals surface area contributed by atoms with Crippen molar-refractivity contribution in [3.8, 4) is 5.75 Å². The summed E-state index contributed by atoms with van der Waals surface area (Å²) in [6, 6.07) is 13.3. The van der Waals surface area contributed by atoms with Crippen LogP contribution in [0, 0.1) is 0 Å². The number of nitrogens with zero attached hydrogens (tertiary/aromatic N) is 2. The molecule has 1 aromatic heterocycles. The lowest BCUT2D eigenvalue weighted by atomic mass is 10.1. The molecule has 30 heavy (non-hydrogen) atoms. The fourth-order valence-corrected chi connectivity index (χ4v) is 3.48. The van der Waals surface area contributed by atoms with Crippen LogP contribution in [0.1, 0.15) is 36.5 Å². The molecule has 0 aliphatic carbocycles. The summed E-state index contributed by atoms with van der Waals surface area (Å²) in [5, 5.41) is 22.7. The van der Waals surface area contributed by atoms with Crippen molar-refractivity contribution >= 4 is 11.0 Å². The number of hydrogen-bond acceptors (Lipinski definition) is 5. The van der Waals surface area contributed by atoms with Gasteiger partial charge in [-0.05, 0) is 61.2 Å². The van der Waals surface area contributed by atoms with Crippen LogP contribution < -0.4 is 15.7 Å². The van der Waals surface area contributed by atoms with Crippen molar-refractivity contribution < 1.29 is 14.9 Å². The first-order chi connectivity index (χ1) is 14.5. The second-order valence-electron chi connectivity index (χ2n) is 7.58. The number of imidazole rings is 1. The van der Waals surface area contributed by atoms with Crippen LogP contribution in [0.15, 0.2) is 47.3 Å². The number of aliphatic hydroxyl groups excluding tert-OH is 2. The molecule has 0 aliphatic rings. The number of unbranched alkanes of at least 4 members (excludes halogenated alkanes) is 2.